The van der Waals surface area contributed by atoms with E-state index in [-0.39, 0.29) is 68.8 Å². The van der Waals surface area contributed by atoms with Crippen LogP contribution in [0.5, 0.6) is 5.75 Å². The third kappa shape index (κ3) is 5.98. The molecule has 40 heavy (non-hydrogen) atoms. The Kier molecular flexibility index (Phi) is 7.37. The third-order valence-electron chi connectivity index (χ3n) is 5.59. The molecule has 1 saturated heterocycles. The maximum Gasteiger partial charge on any atom is 0.417 e. The van der Waals surface area contributed by atoms with Crippen LogP contribution >= 0.6 is 34.8 Å². The minimum atomic E-state index is -4.61. The maximum atomic E-state index is 13.1. The van der Waals surface area contributed by atoms with Crippen molar-refractivity contribution in [3.63, 3.8) is 0 Å². The lowest BCUT2D eigenvalue weighted by molar-refractivity contribution is -0.166. The van der Waals surface area contributed by atoms with E-state index in [4.69, 9.17) is 48.3 Å². The number of halogens is 6. The number of nitrogens with zero attached hydrogens (tertiary/aromatic N) is 5. The van der Waals surface area contributed by atoms with E-state index in [2.05, 4.69) is 15.1 Å². The summed E-state index contributed by atoms with van der Waals surface area (Å²) in [4.78, 5) is 20.4. The number of ether oxygens (including phenoxy) is 1. The summed E-state index contributed by atoms with van der Waals surface area (Å²) in [5, 5.41) is 4.55. The number of hydroxylamine groups is 2. The number of alkyl halides is 3. The number of fused-ring (bicyclic) bond motifs is 1. The molecule has 1 aromatic carbocycles. The van der Waals surface area contributed by atoms with Gasteiger partial charge in [0.05, 0.1) is 33.4 Å². The van der Waals surface area contributed by atoms with Crippen LogP contribution in [0.2, 0.25) is 15.1 Å². The van der Waals surface area contributed by atoms with Gasteiger partial charge in [-0.1, -0.05) is 40.0 Å². The van der Waals surface area contributed by atoms with E-state index in [1.807, 2.05) is 0 Å². The molecule has 4 aromatic rings. The van der Waals surface area contributed by atoms with Gasteiger partial charge in [0.1, 0.15) is 17.5 Å². The van der Waals surface area contributed by atoms with Crippen LogP contribution in [0.4, 0.5) is 13.2 Å². The molecule has 1 aliphatic rings. The van der Waals surface area contributed by atoms with Crippen molar-refractivity contribution in [2.45, 2.75) is 25.1 Å². The van der Waals surface area contributed by atoms with E-state index < -0.39 is 33.9 Å². The van der Waals surface area contributed by atoms with Gasteiger partial charge in [-0.05, 0) is 18.6 Å². The zero-order chi connectivity index (χ0) is 29.0. The van der Waals surface area contributed by atoms with Crippen LogP contribution in [-0.2, 0) is 25.4 Å². The number of rotatable bonds is 6. The number of piperidine rings is 1. The molecule has 18 heteroatoms. The molecule has 0 aliphatic carbocycles. The topological polar surface area (TPSA) is 129 Å². The Morgan fingerprint density at radius 3 is 2.52 bits per heavy atom. The lowest BCUT2D eigenvalue weighted by Gasteiger charge is -2.30. The van der Waals surface area contributed by atoms with Crippen molar-refractivity contribution in [1.82, 2.24) is 24.6 Å². The number of amides is 1. The van der Waals surface area contributed by atoms with Crippen molar-refractivity contribution in [2.75, 3.05) is 12.8 Å². The molecule has 0 saturated carbocycles. The zero-order valence-corrected chi connectivity index (χ0v) is 23.0. The summed E-state index contributed by atoms with van der Waals surface area (Å²) >= 11 is 18.8. The van der Waals surface area contributed by atoms with Crippen LogP contribution in [-0.4, -0.2) is 57.8 Å². The highest BCUT2D eigenvalue weighted by atomic mass is 35.5. The van der Waals surface area contributed by atoms with Crippen LogP contribution in [0.15, 0.2) is 35.1 Å². The molecular formula is C22H15Cl3F3N5O6S. The predicted molar refractivity (Wildman–Crippen MR) is 135 cm³/mol. The van der Waals surface area contributed by atoms with Crippen molar-refractivity contribution in [1.29, 1.82) is 0 Å². The lowest BCUT2D eigenvalue weighted by atomic mass is 10.1. The van der Waals surface area contributed by atoms with Gasteiger partial charge in [0, 0.05) is 30.4 Å². The Hall–Kier alpha value is -3.11. The van der Waals surface area contributed by atoms with Gasteiger partial charge in [0.15, 0.2) is 5.65 Å². The van der Waals surface area contributed by atoms with E-state index >= 15 is 0 Å². The molecule has 11 nitrogen and oxygen atoms in total. The van der Waals surface area contributed by atoms with E-state index in [9.17, 15) is 26.4 Å². The fourth-order valence-corrected chi connectivity index (χ4v) is 5.02. The molecule has 0 bridgehead atoms. The SMILES string of the molecule is CS(=O)(=O)ON1C[C@H](Oc2cc(Cl)c(-c3noc(-c4cn5cc(C(F)(F)F)cc(Cl)c5n4)n3)cc2Cl)CCC1=O. The van der Waals surface area contributed by atoms with E-state index in [0.717, 1.165) is 22.9 Å². The largest absolute Gasteiger partial charge is 0.487 e. The fraction of sp³-hybridized carbons (Fsp3) is 0.273. The van der Waals surface area contributed by atoms with Crippen molar-refractivity contribution in [2.24, 2.45) is 0 Å². The first kappa shape index (κ1) is 28.4. The van der Waals surface area contributed by atoms with Gasteiger partial charge < -0.3 is 13.7 Å². The van der Waals surface area contributed by atoms with Gasteiger partial charge in [-0.2, -0.15) is 31.6 Å². The average molecular weight is 641 g/mol. The van der Waals surface area contributed by atoms with Gasteiger partial charge in [-0.15, -0.1) is 4.28 Å². The molecule has 4 heterocycles. The second kappa shape index (κ2) is 10.4. The molecule has 1 amide bonds. The van der Waals surface area contributed by atoms with Crippen LogP contribution < -0.4 is 4.74 Å². The Morgan fingerprint density at radius 2 is 1.82 bits per heavy atom. The second-order valence-corrected chi connectivity index (χ2v) is 11.4. The van der Waals surface area contributed by atoms with E-state index in [1.54, 1.807) is 0 Å². The highest BCUT2D eigenvalue weighted by molar-refractivity contribution is 7.85. The minimum absolute atomic E-state index is 0.00331. The summed E-state index contributed by atoms with van der Waals surface area (Å²) in [7, 11) is -3.92. The number of hydrogen-bond acceptors (Lipinski definition) is 9. The van der Waals surface area contributed by atoms with E-state index in [0.29, 0.717) is 5.06 Å². The fourth-order valence-electron chi connectivity index (χ4n) is 3.84. The van der Waals surface area contributed by atoms with Crippen LogP contribution in [0.1, 0.15) is 18.4 Å². The van der Waals surface area contributed by atoms with Gasteiger partial charge in [-0.3, -0.25) is 4.79 Å². The quantitative estimate of drug-likeness (QED) is 0.276. The molecular weight excluding hydrogens is 626 g/mol. The minimum Gasteiger partial charge on any atom is -0.487 e. The first-order valence-corrected chi connectivity index (χ1v) is 14.1. The summed E-state index contributed by atoms with van der Waals surface area (Å²) in [5.41, 5.74) is -0.595. The highest BCUT2D eigenvalue weighted by Gasteiger charge is 2.33. The molecule has 0 unspecified atom stereocenters. The molecule has 212 valence electrons. The molecule has 0 spiro atoms. The Labute approximate surface area is 238 Å². The van der Waals surface area contributed by atoms with E-state index in [1.165, 1.54) is 18.3 Å². The lowest BCUT2D eigenvalue weighted by Crippen LogP contribution is -2.45. The number of benzene rings is 1. The number of carbonyl (C=O) groups is 1. The summed E-state index contributed by atoms with van der Waals surface area (Å²) in [6.07, 6.45) is -2.08. The van der Waals surface area contributed by atoms with Crippen molar-refractivity contribution < 1.29 is 39.9 Å². The third-order valence-corrected chi connectivity index (χ3v) is 6.93. The normalized spacial score (nSPS) is 16.6. The number of pyridine rings is 1. The van der Waals surface area contributed by atoms with Crippen molar-refractivity contribution in [3.8, 4) is 28.7 Å². The number of hydrogen-bond donors (Lipinski definition) is 0. The summed E-state index contributed by atoms with van der Waals surface area (Å²) < 4.78 is 79.1. The maximum absolute atomic E-state index is 13.1. The molecule has 1 aliphatic heterocycles. The first-order chi connectivity index (χ1) is 18.7. The van der Waals surface area contributed by atoms with Crippen LogP contribution in [0.25, 0.3) is 28.6 Å². The standard InChI is InChI=1S/C22H15Cl3F3N5O6S/c1-40(35,36)39-33-8-11(2-3-18(33)34)37-17-6-13(23)12(5-14(17)24)19-30-21(38-31-19)16-9-32-7-10(22(26,27)28)4-15(25)20(32)29-16/h4-7,9,11H,2-3,8H2,1H3/t11-/m1/s1. The Bertz CT molecular complexity index is 1740. The predicted octanol–water partition coefficient (Wildman–Crippen LogP) is 5.29. The molecule has 0 radical (unpaired) electrons. The first-order valence-electron chi connectivity index (χ1n) is 11.1. The second-order valence-electron chi connectivity index (χ2n) is 8.63. The highest BCUT2D eigenvalue weighted by Crippen LogP contribution is 2.38. The Morgan fingerprint density at radius 1 is 1.07 bits per heavy atom. The Balaban J connectivity index is 1.37. The summed E-state index contributed by atoms with van der Waals surface area (Å²) in [5.74, 6) is -0.475. The van der Waals surface area contributed by atoms with Crippen LogP contribution in [0, 0.1) is 0 Å². The average Bonchev–Trinajstić information content (AvgIpc) is 3.49. The van der Waals surface area contributed by atoms with Gasteiger partial charge in [0.25, 0.3) is 16.0 Å². The summed E-state index contributed by atoms with van der Waals surface area (Å²) in [6.45, 7) is -0.163. The van der Waals surface area contributed by atoms with Crippen molar-refractivity contribution >= 4 is 56.5 Å². The summed E-state index contributed by atoms with van der Waals surface area (Å²) in [6, 6.07) is 3.55. The molecule has 5 rings (SSSR count). The monoisotopic (exact) mass is 639 g/mol. The molecule has 1 fully saturated rings. The smallest absolute Gasteiger partial charge is 0.417 e. The molecule has 0 N–H and O–H groups in total. The number of carbonyl (C=O) groups excluding carboxylic acids is 1. The van der Waals surface area contributed by atoms with Gasteiger partial charge in [-0.25, -0.2) is 4.98 Å². The number of imidazole rings is 1. The number of aromatic nitrogens is 4. The van der Waals surface area contributed by atoms with Gasteiger partial charge >= 0.3 is 6.18 Å². The zero-order valence-electron chi connectivity index (χ0n) is 19.9. The molecule has 3 aromatic heterocycles. The van der Waals surface area contributed by atoms with Crippen LogP contribution in [0.3, 0.4) is 0 Å². The molecule has 1 atom stereocenters. The van der Waals surface area contributed by atoms with Crippen molar-refractivity contribution in [3.05, 3.63) is 51.2 Å². The van der Waals surface area contributed by atoms with Gasteiger partial charge in [0.2, 0.25) is 11.7 Å².